The Kier molecular flexibility index (Phi) is 4.61. The van der Waals surface area contributed by atoms with Gasteiger partial charge in [0.1, 0.15) is 11.5 Å². The van der Waals surface area contributed by atoms with Crippen LogP contribution in [-0.4, -0.2) is 49.4 Å². The molecule has 3 N–H and O–H groups in total. The molecule has 9 heteroatoms. The lowest BCUT2D eigenvalue weighted by Gasteiger charge is -2.05. The average molecular weight is 263 g/mol. The number of carboxylic acids is 1. The predicted molar refractivity (Wildman–Crippen MR) is 57.0 cm³/mol. The van der Waals surface area contributed by atoms with E-state index in [2.05, 4.69) is 19.7 Å². The molecule has 0 aromatic carbocycles. The van der Waals surface area contributed by atoms with Crippen molar-refractivity contribution in [1.82, 2.24) is 14.9 Å². The van der Waals surface area contributed by atoms with E-state index in [1.165, 1.54) is 6.20 Å². The minimum absolute atomic E-state index is 0.000231. The zero-order chi connectivity index (χ0) is 12.9. The van der Waals surface area contributed by atoms with Crippen LogP contribution in [0.5, 0.6) is 0 Å². The first-order valence-corrected chi connectivity index (χ1v) is 6.21. The molecule has 1 aromatic heterocycles. The molecule has 1 aromatic rings. The monoisotopic (exact) mass is 263 g/mol. The van der Waals surface area contributed by atoms with Crippen LogP contribution in [0.1, 0.15) is 5.69 Å². The number of carboxylic acid groups (broad SMARTS) is 1. The number of aromatic nitrogens is 2. The van der Waals surface area contributed by atoms with E-state index < -0.39 is 22.6 Å². The van der Waals surface area contributed by atoms with Gasteiger partial charge in [0, 0.05) is 6.54 Å². The van der Waals surface area contributed by atoms with Gasteiger partial charge in [0.2, 0.25) is 10.0 Å². The van der Waals surface area contributed by atoms with Gasteiger partial charge >= 0.3 is 5.97 Å². The van der Waals surface area contributed by atoms with Crippen LogP contribution in [-0.2, 0) is 19.6 Å². The molecule has 8 nitrogen and oxygen atoms in total. The zero-order valence-corrected chi connectivity index (χ0v) is 9.95. The molecule has 0 aliphatic rings. The third-order valence-electron chi connectivity index (χ3n) is 1.84. The fraction of sp³-hybridized carbons (Fsp3) is 0.500. The van der Waals surface area contributed by atoms with E-state index in [9.17, 15) is 13.2 Å². The fourth-order valence-corrected chi connectivity index (χ4v) is 2.24. The molecule has 0 amide bonds. The highest BCUT2D eigenvalue weighted by atomic mass is 32.2. The summed E-state index contributed by atoms with van der Waals surface area (Å²) in [5.41, 5.74) is 0.434. The maximum atomic E-state index is 11.7. The number of hydrogen-bond acceptors (Lipinski definition) is 5. The average Bonchev–Trinajstić information content (AvgIpc) is 2.64. The fourth-order valence-electron chi connectivity index (χ4n) is 1.10. The summed E-state index contributed by atoms with van der Waals surface area (Å²) in [5, 5.41) is 14.4. The van der Waals surface area contributed by atoms with Gasteiger partial charge in [0.05, 0.1) is 18.5 Å². The van der Waals surface area contributed by atoms with Crippen LogP contribution in [0, 0.1) is 6.92 Å². The molecular weight excluding hydrogens is 250 g/mol. The Balaban J connectivity index is 2.41. The predicted octanol–water partition coefficient (Wildman–Crippen LogP) is -0.902. The zero-order valence-electron chi connectivity index (χ0n) is 9.13. The van der Waals surface area contributed by atoms with Crippen molar-refractivity contribution in [2.45, 2.75) is 11.8 Å². The lowest BCUT2D eigenvalue weighted by molar-refractivity contribution is -0.142. The summed E-state index contributed by atoms with van der Waals surface area (Å²) < 4.78 is 30.3. The van der Waals surface area contributed by atoms with Crippen LogP contribution in [0.4, 0.5) is 0 Å². The molecule has 0 bridgehead atoms. The summed E-state index contributed by atoms with van der Waals surface area (Å²) in [7, 11) is -3.62. The minimum atomic E-state index is -3.62. The van der Waals surface area contributed by atoms with Gasteiger partial charge in [-0.3, -0.25) is 5.10 Å². The molecule has 0 saturated heterocycles. The Morgan fingerprint density at radius 1 is 1.65 bits per heavy atom. The smallest absolute Gasteiger partial charge is 0.329 e. The Bertz CT molecular complexity index is 481. The van der Waals surface area contributed by atoms with Gasteiger partial charge < -0.3 is 9.84 Å². The van der Waals surface area contributed by atoms with Gasteiger partial charge in [-0.2, -0.15) is 5.10 Å². The Labute approximate surface area is 98.0 Å². The molecule has 0 unspecified atom stereocenters. The standard InChI is InChI=1S/C8H13N3O5S/c1-6-7(4-9-11-6)17(14,15)10-2-3-16-5-8(12)13/h4,10H,2-3,5H2,1H3,(H,9,11)(H,12,13). The van der Waals surface area contributed by atoms with E-state index in [0.29, 0.717) is 5.69 Å². The van der Waals surface area contributed by atoms with Gasteiger partial charge in [-0.1, -0.05) is 0 Å². The van der Waals surface area contributed by atoms with E-state index >= 15 is 0 Å². The first-order valence-electron chi connectivity index (χ1n) is 4.72. The quantitative estimate of drug-likeness (QED) is 0.548. The number of carbonyl (C=O) groups is 1. The third-order valence-corrected chi connectivity index (χ3v) is 3.41. The molecule has 96 valence electrons. The number of rotatable bonds is 7. The Morgan fingerprint density at radius 2 is 2.35 bits per heavy atom. The van der Waals surface area contributed by atoms with Crippen LogP contribution in [0.25, 0.3) is 0 Å². The molecule has 0 aliphatic heterocycles. The van der Waals surface area contributed by atoms with Crippen LogP contribution >= 0.6 is 0 Å². The summed E-state index contributed by atoms with van der Waals surface area (Å²) in [6, 6.07) is 0. The topological polar surface area (TPSA) is 121 Å². The molecule has 0 radical (unpaired) electrons. The molecule has 1 rings (SSSR count). The van der Waals surface area contributed by atoms with Gasteiger partial charge in [-0.05, 0) is 6.92 Å². The second-order valence-corrected chi connectivity index (χ2v) is 4.94. The number of aliphatic carboxylic acids is 1. The molecule has 1 heterocycles. The first kappa shape index (κ1) is 13.6. The SMILES string of the molecule is Cc1[nH]ncc1S(=O)(=O)NCCOCC(=O)O. The second kappa shape index (κ2) is 5.75. The molecule has 0 fully saturated rings. The van der Waals surface area contributed by atoms with Gasteiger partial charge in [-0.15, -0.1) is 0 Å². The van der Waals surface area contributed by atoms with Gasteiger partial charge in [0.15, 0.2) is 0 Å². The van der Waals surface area contributed by atoms with Crippen molar-refractivity contribution in [3.8, 4) is 0 Å². The largest absolute Gasteiger partial charge is 0.480 e. The van der Waals surface area contributed by atoms with Gasteiger partial charge in [-0.25, -0.2) is 17.9 Å². The molecule has 0 spiro atoms. The Hall–Kier alpha value is -1.45. The molecular formula is C8H13N3O5S. The number of aromatic amines is 1. The number of ether oxygens (including phenoxy) is 1. The van der Waals surface area contributed by atoms with Crippen molar-refractivity contribution in [1.29, 1.82) is 0 Å². The normalized spacial score (nSPS) is 11.6. The Morgan fingerprint density at radius 3 is 2.88 bits per heavy atom. The highest BCUT2D eigenvalue weighted by Gasteiger charge is 2.17. The second-order valence-electron chi connectivity index (χ2n) is 3.20. The summed E-state index contributed by atoms with van der Waals surface area (Å²) in [5.74, 6) is -1.10. The van der Waals surface area contributed by atoms with E-state index in [-0.39, 0.29) is 18.0 Å². The van der Waals surface area contributed by atoms with E-state index in [4.69, 9.17) is 5.11 Å². The van der Waals surface area contributed by atoms with E-state index in [1.54, 1.807) is 6.92 Å². The lowest BCUT2D eigenvalue weighted by Crippen LogP contribution is -2.28. The van der Waals surface area contributed by atoms with Crippen molar-refractivity contribution >= 4 is 16.0 Å². The lowest BCUT2D eigenvalue weighted by atomic mass is 10.5. The van der Waals surface area contributed by atoms with Crippen molar-refractivity contribution in [3.05, 3.63) is 11.9 Å². The molecule has 17 heavy (non-hydrogen) atoms. The third kappa shape index (κ3) is 4.13. The molecule has 0 aliphatic carbocycles. The number of H-pyrrole nitrogens is 1. The van der Waals surface area contributed by atoms with Gasteiger partial charge in [0.25, 0.3) is 0 Å². The summed E-state index contributed by atoms with van der Waals surface area (Å²) in [4.78, 5) is 10.2. The maximum Gasteiger partial charge on any atom is 0.329 e. The minimum Gasteiger partial charge on any atom is -0.480 e. The number of nitrogens with one attached hydrogen (secondary N) is 2. The van der Waals surface area contributed by atoms with Crippen molar-refractivity contribution in [2.24, 2.45) is 0 Å². The summed E-state index contributed by atoms with van der Waals surface area (Å²) in [6.07, 6.45) is 1.20. The van der Waals surface area contributed by atoms with E-state index in [0.717, 1.165) is 0 Å². The van der Waals surface area contributed by atoms with Crippen LogP contribution in [0.15, 0.2) is 11.1 Å². The number of nitrogens with zero attached hydrogens (tertiary/aromatic N) is 1. The van der Waals surface area contributed by atoms with Crippen LogP contribution in [0.3, 0.4) is 0 Å². The van der Waals surface area contributed by atoms with Crippen LogP contribution in [0.2, 0.25) is 0 Å². The number of aryl methyl sites for hydroxylation is 1. The van der Waals surface area contributed by atoms with Crippen LogP contribution < -0.4 is 4.72 Å². The molecule has 0 atom stereocenters. The number of sulfonamides is 1. The highest BCUT2D eigenvalue weighted by Crippen LogP contribution is 2.09. The maximum absolute atomic E-state index is 11.7. The number of hydrogen-bond donors (Lipinski definition) is 3. The van der Waals surface area contributed by atoms with Crippen molar-refractivity contribution in [2.75, 3.05) is 19.8 Å². The molecule has 0 saturated carbocycles. The van der Waals surface area contributed by atoms with Crippen molar-refractivity contribution in [3.63, 3.8) is 0 Å². The summed E-state index contributed by atoms with van der Waals surface area (Å²) >= 11 is 0. The van der Waals surface area contributed by atoms with E-state index in [1.807, 2.05) is 0 Å². The highest BCUT2D eigenvalue weighted by molar-refractivity contribution is 7.89. The summed E-state index contributed by atoms with van der Waals surface area (Å²) in [6.45, 7) is 1.12. The van der Waals surface area contributed by atoms with Crippen molar-refractivity contribution < 1.29 is 23.1 Å². The first-order chi connectivity index (χ1) is 7.93.